The van der Waals surface area contributed by atoms with Gasteiger partial charge in [0.2, 0.25) is 0 Å². The van der Waals surface area contributed by atoms with Crippen LogP contribution in [0.2, 0.25) is 0 Å². The van der Waals surface area contributed by atoms with Gasteiger partial charge in [0, 0.05) is 24.3 Å². The smallest absolute Gasteiger partial charge is 0.0831 e. The third-order valence-electron chi connectivity index (χ3n) is 4.00. The Bertz CT molecular complexity index is 594. The Balaban J connectivity index is 2.32. The first kappa shape index (κ1) is 14.8. The summed E-state index contributed by atoms with van der Waals surface area (Å²) in [6.45, 7) is 9.28. The Morgan fingerprint density at radius 3 is 2.55 bits per heavy atom. The van der Waals surface area contributed by atoms with Crippen molar-refractivity contribution in [3.63, 3.8) is 0 Å². The zero-order valence-electron chi connectivity index (χ0n) is 13.4. The largest absolute Gasteiger partial charge is 0.313 e. The first-order valence-corrected chi connectivity index (χ1v) is 7.20. The summed E-state index contributed by atoms with van der Waals surface area (Å²) in [5, 5.41) is 12.5. The minimum Gasteiger partial charge on any atom is -0.313 e. The molecule has 0 saturated heterocycles. The number of hydrogen-bond acceptors (Lipinski definition) is 3. The molecule has 5 nitrogen and oxygen atoms in total. The molecule has 5 heteroatoms. The van der Waals surface area contributed by atoms with Crippen molar-refractivity contribution in [1.82, 2.24) is 24.9 Å². The van der Waals surface area contributed by atoms with Gasteiger partial charge in [-0.2, -0.15) is 10.2 Å². The van der Waals surface area contributed by atoms with Crippen molar-refractivity contribution < 1.29 is 0 Å². The van der Waals surface area contributed by atoms with Crippen LogP contribution in [0.1, 0.15) is 48.2 Å². The number of nitrogens with one attached hydrogen (secondary N) is 1. The SMILES string of the molecule is CCc1cc(Cn2nc(C)c(C(C)NC)c2C)n(C)n1. The molecule has 1 N–H and O–H groups in total. The van der Waals surface area contributed by atoms with Gasteiger partial charge in [0.25, 0.3) is 0 Å². The second-order valence-corrected chi connectivity index (χ2v) is 5.36. The standard InChI is InChI=1S/C15H25N5/c1-7-13-8-14(19(6)18-13)9-20-12(4)15(10(2)16-5)11(3)17-20/h8,10,16H,7,9H2,1-6H3. The zero-order chi connectivity index (χ0) is 14.9. The maximum absolute atomic E-state index is 4.69. The fourth-order valence-corrected chi connectivity index (χ4v) is 2.68. The molecule has 2 aromatic rings. The molecule has 0 saturated carbocycles. The van der Waals surface area contributed by atoms with Crippen LogP contribution in [-0.4, -0.2) is 26.6 Å². The maximum atomic E-state index is 4.69. The van der Waals surface area contributed by atoms with Crippen molar-refractivity contribution in [2.45, 2.75) is 46.7 Å². The van der Waals surface area contributed by atoms with Crippen LogP contribution in [0.25, 0.3) is 0 Å². The van der Waals surface area contributed by atoms with Gasteiger partial charge in [0.1, 0.15) is 0 Å². The highest BCUT2D eigenvalue weighted by atomic mass is 15.3. The van der Waals surface area contributed by atoms with Gasteiger partial charge in [-0.15, -0.1) is 0 Å². The molecule has 0 aromatic carbocycles. The van der Waals surface area contributed by atoms with E-state index >= 15 is 0 Å². The molecule has 0 radical (unpaired) electrons. The minimum atomic E-state index is 0.321. The molecule has 2 aromatic heterocycles. The van der Waals surface area contributed by atoms with Gasteiger partial charge < -0.3 is 5.32 Å². The number of hydrogen-bond donors (Lipinski definition) is 1. The molecule has 2 rings (SSSR count). The first-order valence-electron chi connectivity index (χ1n) is 7.20. The predicted molar refractivity (Wildman–Crippen MR) is 80.9 cm³/mol. The second-order valence-electron chi connectivity index (χ2n) is 5.36. The summed E-state index contributed by atoms with van der Waals surface area (Å²) in [6, 6.07) is 2.49. The second kappa shape index (κ2) is 5.79. The van der Waals surface area contributed by atoms with E-state index in [4.69, 9.17) is 0 Å². The van der Waals surface area contributed by atoms with Crippen LogP contribution in [-0.2, 0) is 20.0 Å². The van der Waals surface area contributed by atoms with E-state index in [1.54, 1.807) is 0 Å². The van der Waals surface area contributed by atoms with Gasteiger partial charge in [-0.1, -0.05) is 6.92 Å². The van der Waals surface area contributed by atoms with Gasteiger partial charge in [0.05, 0.1) is 23.6 Å². The minimum absolute atomic E-state index is 0.321. The van der Waals surface area contributed by atoms with E-state index in [1.165, 1.54) is 17.0 Å². The highest BCUT2D eigenvalue weighted by Crippen LogP contribution is 2.21. The van der Waals surface area contributed by atoms with Gasteiger partial charge in [0.15, 0.2) is 0 Å². The molecule has 0 bridgehead atoms. The average molecular weight is 275 g/mol. The summed E-state index contributed by atoms with van der Waals surface area (Å²) in [5.41, 5.74) is 5.94. The molecule has 0 aliphatic heterocycles. The third-order valence-corrected chi connectivity index (χ3v) is 4.00. The Hall–Kier alpha value is -1.62. The molecular formula is C15H25N5. The summed E-state index contributed by atoms with van der Waals surface area (Å²) in [7, 11) is 3.98. The summed E-state index contributed by atoms with van der Waals surface area (Å²) in [6.07, 6.45) is 0.965. The van der Waals surface area contributed by atoms with E-state index in [9.17, 15) is 0 Å². The van der Waals surface area contributed by atoms with Crippen molar-refractivity contribution in [2.24, 2.45) is 7.05 Å². The van der Waals surface area contributed by atoms with Crippen LogP contribution in [0, 0.1) is 13.8 Å². The molecule has 2 heterocycles. The third kappa shape index (κ3) is 2.63. The van der Waals surface area contributed by atoms with Crippen molar-refractivity contribution in [3.8, 4) is 0 Å². The molecule has 0 spiro atoms. The van der Waals surface area contributed by atoms with Gasteiger partial charge in [-0.3, -0.25) is 9.36 Å². The van der Waals surface area contributed by atoms with Crippen LogP contribution in [0.15, 0.2) is 6.07 Å². The maximum Gasteiger partial charge on any atom is 0.0831 e. The predicted octanol–water partition coefficient (Wildman–Crippen LogP) is 2.12. The van der Waals surface area contributed by atoms with Crippen LogP contribution in [0.4, 0.5) is 0 Å². The molecule has 0 aliphatic rings. The lowest BCUT2D eigenvalue weighted by Gasteiger charge is -2.11. The van der Waals surface area contributed by atoms with E-state index in [0.717, 1.165) is 24.4 Å². The molecule has 0 aliphatic carbocycles. The number of aromatic nitrogens is 4. The Morgan fingerprint density at radius 1 is 1.30 bits per heavy atom. The summed E-state index contributed by atoms with van der Waals surface area (Å²) in [4.78, 5) is 0. The van der Waals surface area contributed by atoms with Crippen LogP contribution >= 0.6 is 0 Å². The zero-order valence-corrected chi connectivity index (χ0v) is 13.4. The summed E-state index contributed by atoms with van der Waals surface area (Å²) in [5.74, 6) is 0. The molecular weight excluding hydrogens is 250 g/mol. The Morgan fingerprint density at radius 2 is 2.00 bits per heavy atom. The normalized spacial score (nSPS) is 12.9. The molecule has 110 valence electrons. The van der Waals surface area contributed by atoms with Crippen molar-refractivity contribution in [2.75, 3.05) is 7.05 Å². The topological polar surface area (TPSA) is 47.7 Å². The van der Waals surface area contributed by atoms with Crippen LogP contribution in [0.5, 0.6) is 0 Å². The van der Waals surface area contributed by atoms with Gasteiger partial charge >= 0.3 is 0 Å². The average Bonchev–Trinajstić information content (AvgIpc) is 2.91. The van der Waals surface area contributed by atoms with Crippen LogP contribution < -0.4 is 5.32 Å². The van der Waals surface area contributed by atoms with E-state index in [-0.39, 0.29) is 0 Å². The van der Waals surface area contributed by atoms with Gasteiger partial charge in [-0.25, -0.2) is 0 Å². The fourth-order valence-electron chi connectivity index (χ4n) is 2.68. The number of nitrogens with zero attached hydrogens (tertiary/aromatic N) is 4. The monoisotopic (exact) mass is 275 g/mol. The van der Waals surface area contributed by atoms with E-state index < -0.39 is 0 Å². The van der Waals surface area contributed by atoms with Crippen molar-refractivity contribution >= 4 is 0 Å². The Labute approximate surface area is 121 Å². The highest BCUT2D eigenvalue weighted by Gasteiger charge is 2.17. The fraction of sp³-hybridized carbons (Fsp3) is 0.600. The molecule has 1 unspecified atom stereocenters. The number of rotatable bonds is 5. The van der Waals surface area contributed by atoms with Crippen LogP contribution in [0.3, 0.4) is 0 Å². The number of aryl methyl sites for hydroxylation is 3. The van der Waals surface area contributed by atoms with Gasteiger partial charge in [-0.05, 0) is 40.3 Å². The van der Waals surface area contributed by atoms with E-state index in [2.05, 4.69) is 54.0 Å². The lowest BCUT2D eigenvalue weighted by Crippen LogP contribution is -2.14. The lowest BCUT2D eigenvalue weighted by molar-refractivity contribution is 0.598. The first-order chi connectivity index (χ1) is 9.47. The Kier molecular flexibility index (Phi) is 4.28. The summed E-state index contributed by atoms with van der Waals surface area (Å²) < 4.78 is 4.03. The summed E-state index contributed by atoms with van der Waals surface area (Å²) >= 11 is 0. The molecule has 0 fully saturated rings. The van der Waals surface area contributed by atoms with Crippen molar-refractivity contribution in [3.05, 3.63) is 34.4 Å². The molecule has 0 amide bonds. The molecule has 1 atom stereocenters. The van der Waals surface area contributed by atoms with E-state index in [0.29, 0.717) is 6.04 Å². The van der Waals surface area contributed by atoms with E-state index in [1.807, 2.05) is 18.8 Å². The quantitative estimate of drug-likeness (QED) is 0.909. The molecule has 20 heavy (non-hydrogen) atoms. The van der Waals surface area contributed by atoms with Crippen molar-refractivity contribution in [1.29, 1.82) is 0 Å². The lowest BCUT2D eigenvalue weighted by atomic mass is 10.1. The highest BCUT2D eigenvalue weighted by molar-refractivity contribution is 5.28.